The van der Waals surface area contributed by atoms with E-state index < -0.39 is 5.97 Å². The van der Waals surface area contributed by atoms with E-state index in [1.54, 1.807) is 10.3 Å². The van der Waals surface area contributed by atoms with Crippen LogP contribution in [0.5, 0.6) is 0 Å². The summed E-state index contributed by atoms with van der Waals surface area (Å²) in [6.07, 6.45) is 3.06. The molecule has 0 saturated carbocycles. The number of anilines is 1. The van der Waals surface area contributed by atoms with Crippen molar-refractivity contribution in [2.45, 2.75) is 46.6 Å². The molecule has 2 amide bonds. The van der Waals surface area contributed by atoms with Gasteiger partial charge in [-0.1, -0.05) is 31.9 Å². The van der Waals surface area contributed by atoms with Crippen LogP contribution in [-0.2, 0) is 11.3 Å². The summed E-state index contributed by atoms with van der Waals surface area (Å²) in [5, 5.41) is 5.38. The van der Waals surface area contributed by atoms with Crippen molar-refractivity contribution in [3.8, 4) is 0 Å². The number of thiazole rings is 1. The predicted molar refractivity (Wildman–Crippen MR) is 108 cm³/mol. The molecule has 2 rings (SSSR count). The number of unbranched alkanes of at least 4 members (excludes halogenated alkanes) is 2. The Labute approximate surface area is 164 Å². The van der Waals surface area contributed by atoms with E-state index in [9.17, 15) is 9.59 Å². The fourth-order valence-electron chi connectivity index (χ4n) is 2.63. The maximum Gasteiger partial charge on any atom is 0.357 e. The van der Waals surface area contributed by atoms with Crippen LogP contribution in [0.2, 0.25) is 0 Å². The van der Waals surface area contributed by atoms with Gasteiger partial charge in [-0.3, -0.25) is 0 Å². The molecule has 6 nitrogen and oxygen atoms in total. The summed E-state index contributed by atoms with van der Waals surface area (Å²) in [7, 11) is 1.33. The number of esters is 1. The predicted octanol–water partition coefficient (Wildman–Crippen LogP) is 4.77. The van der Waals surface area contributed by atoms with Crippen LogP contribution in [0, 0.1) is 13.8 Å². The Kier molecular flexibility index (Phi) is 7.79. The molecule has 0 unspecified atom stereocenters. The fourth-order valence-corrected chi connectivity index (χ4v) is 3.41. The van der Waals surface area contributed by atoms with E-state index in [0.29, 0.717) is 18.1 Å². The van der Waals surface area contributed by atoms with Crippen LogP contribution in [0.1, 0.15) is 52.8 Å². The minimum absolute atomic E-state index is 0.158. The number of nitrogens with zero attached hydrogens (tertiary/aromatic N) is 2. The molecule has 0 fully saturated rings. The smallest absolute Gasteiger partial charge is 0.357 e. The standard InChI is InChI=1S/C20H27N3O3S/c1-5-6-7-11-23(12-18-21-17(13-27-18)19(24)26-4)20(25)22-16-10-8-9-14(2)15(16)3/h8-10,13H,5-7,11-12H2,1-4H3,(H,22,25). The normalized spacial score (nSPS) is 10.5. The molecule has 7 heteroatoms. The molecule has 1 heterocycles. The van der Waals surface area contributed by atoms with Gasteiger partial charge in [-0.25, -0.2) is 14.6 Å². The highest BCUT2D eigenvalue weighted by Gasteiger charge is 2.18. The number of nitrogens with one attached hydrogen (secondary N) is 1. The maximum absolute atomic E-state index is 12.9. The van der Waals surface area contributed by atoms with Gasteiger partial charge < -0.3 is 15.0 Å². The third-order valence-corrected chi connectivity index (χ3v) is 5.27. The number of urea groups is 1. The fraction of sp³-hybridized carbons (Fsp3) is 0.450. The summed E-state index contributed by atoms with van der Waals surface area (Å²) in [5.41, 5.74) is 3.28. The van der Waals surface area contributed by atoms with Gasteiger partial charge in [0.15, 0.2) is 5.69 Å². The molecule has 0 bridgehead atoms. The van der Waals surface area contributed by atoms with Crippen LogP contribution in [0.25, 0.3) is 0 Å². The zero-order valence-electron chi connectivity index (χ0n) is 16.4. The quantitative estimate of drug-likeness (QED) is 0.521. The average Bonchev–Trinajstić information content (AvgIpc) is 3.12. The highest BCUT2D eigenvalue weighted by Crippen LogP contribution is 2.20. The van der Waals surface area contributed by atoms with Gasteiger partial charge in [0.25, 0.3) is 0 Å². The van der Waals surface area contributed by atoms with E-state index in [2.05, 4.69) is 17.2 Å². The number of amides is 2. The van der Waals surface area contributed by atoms with E-state index >= 15 is 0 Å². The molecule has 0 aliphatic carbocycles. The molecule has 2 aromatic rings. The van der Waals surface area contributed by atoms with Crippen LogP contribution in [0.15, 0.2) is 23.6 Å². The summed E-state index contributed by atoms with van der Waals surface area (Å²) >= 11 is 1.36. The van der Waals surface area contributed by atoms with Gasteiger partial charge in [-0.15, -0.1) is 11.3 Å². The number of rotatable bonds is 8. The summed E-state index contributed by atoms with van der Waals surface area (Å²) < 4.78 is 4.70. The van der Waals surface area contributed by atoms with Gasteiger partial charge in [0.05, 0.1) is 13.7 Å². The zero-order chi connectivity index (χ0) is 19.8. The van der Waals surface area contributed by atoms with Crippen molar-refractivity contribution in [2.24, 2.45) is 0 Å². The van der Waals surface area contributed by atoms with Crippen LogP contribution in [-0.4, -0.2) is 35.5 Å². The van der Waals surface area contributed by atoms with Gasteiger partial charge in [0, 0.05) is 17.6 Å². The van der Waals surface area contributed by atoms with E-state index in [-0.39, 0.29) is 11.7 Å². The van der Waals surface area contributed by atoms with Crippen molar-refractivity contribution in [1.29, 1.82) is 0 Å². The number of carbonyl (C=O) groups is 2. The van der Waals surface area contributed by atoms with Crippen LogP contribution < -0.4 is 5.32 Å². The third-order valence-electron chi connectivity index (χ3n) is 4.44. The van der Waals surface area contributed by atoms with Crippen molar-refractivity contribution in [1.82, 2.24) is 9.88 Å². The Hall–Kier alpha value is -2.41. The second-order valence-corrected chi connectivity index (χ2v) is 7.37. The summed E-state index contributed by atoms with van der Waals surface area (Å²) in [6, 6.07) is 5.70. The lowest BCUT2D eigenvalue weighted by atomic mass is 10.1. The van der Waals surface area contributed by atoms with Crippen LogP contribution >= 0.6 is 11.3 Å². The second kappa shape index (κ2) is 10.1. The highest BCUT2D eigenvalue weighted by atomic mass is 32.1. The monoisotopic (exact) mass is 389 g/mol. The Bertz CT molecular complexity index is 789. The van der Waals surface area contributed by atoms with E-state index in [1.165, 1.54) is 18.4 Å². The molecule has 27 heavy (non-hydrogen) atoms. The first-order valence-corrected chi connectivity index (χ1v) is 9.99. The van der Waals surface area contributed by atoms with Gasteiger partial charge in [-0.2, -0.15) is 0 Å². The minimum atomic E-state index is -0.463. The Morgan fingerprint density at radius 1 is 1.26 bits per heavy atom. The number of methoxy groups -OCH3 is 1. The van der Waals surface area contributed by atoms with Gasteiger partial charge in [0.1, 0.15) is 5.01 Å². The molecule has 0 aliphatic rings. The van der Waals surface area contributed by atoms with Gasteiger partial charge >= 0.3 is 12.0 Å². The molecule has 1 N–H and O–H groups in total. The number of hydrogen-bond acceptors (Lipinski definition) is 5. The minimum Gasteiger partial charge on any atom is -0.464 e. The number of carbonyl (C=O) groups excluding carboxylic acids is 2. The van der Waals surface area contributed by atoms with E-state index in [4.69, 9.17) is 4.74 Å². The third kappa shape index (κ3) is 5.79. The topological polar surface area (TPSA) is 71.5 Å². The number of aromatic nitrogens is 1. The number of aryl methyl sites for hydroxylation is 1. The van der Waals surface area contributed by atoms with Crippen LogP contribution in [0.4, 0.5) is 10.5 Å². The van der Waals surface area contributed by atoms with Crippen LogP contribution in [0.3, 0.4) is 0 Å². The molecule has 146 valence electrons. The van der Waals surface area contributed by atoms with Crippen molar-refractivity contribution in [2.75, 3.05) is 19.0 Å². The largest absolute Gasteiger partial charge is 0.464 e. The summed E-state index contributed by atoms with van der Waals surface area (Å²) in [4.78, 5) is 30.5. The maximum atomic E-state index is 12.9. The molecule has 0 saturated heterocycles. The SMILES string of the molecule is CCCCCN(Cc1nc(C(=O)OC)cs1)C(=O)Nc1cccc(C)c1C. The molecule has 0 spiro atoms. The summed E-state index contributed by atoms with van der Waals surface area (Å²) in [6.45, 7) is 7.15. The highest BCUT2D eigenvalue weighted by molar-refractivity contribution is 7.09. The molecule has 1 aromatic heterocycles. The molecule has 0 atom stereocenters. The Morgan fingerprint density at radius 3 is 2.74 bits per heavy atom. The molecule has 0 radical (unpaired) electrons. The number of hydrogen-bond donors (Lipinski definition) is 1. The van der Waals surface area contributed by atoms with Crippen molar-refractivity contribution < 1.29 is 14.3 Å². The molecule has 0 aliphatic heterocycles. The number of benzene rings is 1. The first-order valence-electron chi connectivity index (χ1n) is 9.11. The van der Waals surface area contributed by atoms with Crippen molar-refractivity contribution in [3.63, 3.8) is 0 Å². The van der Waals surface area contributed by atoms with Gasteiger partial charge in [-0.05, 0) is 37.5 Å². The van der Waals surface area contributed by atoms with E-state index in [0.717, 1.165) is 36.1 Å². The first-order chi connectivity index (χ1) is 13.0. The zero-order valence-corrected chi connectivity index (χ0v) is 17.2. The molecule has 1 aromatic carbocycles. The van der Waals surface area contributed by atoms with Crippen molar-refractivity contribution >= 4 is 29.0 Å². The Morgan fingerprint density at radius 2 is 2.04 bits per heavy atom. The summed E-state index contributed by atoms with van der Waals surface area (Å²) in [5.74, 6) is -0.463. The lowest BCUT2D eigenvalue weighted by molar-refractivity contribution is 0.0594. The van der Waals surface area contributed by atoms with Crippen molar-refractivity contribution in [3.05, 3.63) is 45.4 Å². The average molecular weight is 390 g/mol. The Balaban J connectivity index is 2.12. The number of ether oxygens (including phenoxy) is 1. The first kappa shape index (κ1) is 20.9. The van der Waals surface area contributed by atoms with E-state index in [1.807, 2.05) is 32.0 Å². The van der Waals surface area contributed by atoms with Gasteiger partial charge in [0.2, 0.25) is 0 Å². The molecular weight excluding hydrogens is 362 g/mol. The second-order valence-electron chi connectivity index (χ2n) is 6.42. The lowest BCUT2D eigenvalue weighted by Crippen LogP contribution is -2.35. The lowest BCUT2D eigenvalue weighted by Gasteiger charge is -2.23. The molecular formula is C20H27N3O3S.